The highest BCUT2D eigenvalue weighted by molar-refractivity contribution is 5.00. The number of rotatable bonds is 6. The van der Waals surface area contributed by atoms with Crippen molar-refractivity contribution in [2.45, 2.75) is 38.4 Å². The maximum Gasteiger partial charge on any atom is 0.106 e. The Bertz CT molecular complexity index is 231. The fourth-order valence-electron chi connectivity index (χ4n) is 1.52. The summed E-state index contributed by atoms with van der Waals surface area (Å²) in [6.07, 6.45) is 3.44. The van der Waals surface area contributed by atoms with Crippen LogP contribution in [0.25, 0.3) is 0 Å². The van der Waals surface area contributed by atoms with Crippen molar-refractivity contribution in [2.75, 3.05) is 7.11 Å². The summed E-state index contributed by atoms with van der Waals surface area (Å²) in [5.74, 6) is 0.802. The highest BCUT2D eigenvalue weighted by atomic mass is 16.5. The van der Waals surface area contributed by atoms with E-state index in [4.69, 9.17) is 9.15 Å². The Balaban J connectivity index is 2.43. The summed E-state index contributed by atoms with van der Waals surface area (Å²) in [7, 11) is 1.63. The van der Waals surface area contributed by atoms with E-state index in [1.165, 1.54) is 0 Å². The third-order valence-electron chi connectivity index (χ3n) is 2.30. The summed E-state index contributed by atoms with van der Waals surface area (Å²) in [6, 6.07) is 3.69. The second kappa shape index (κ2) is 5.83. The van der Waals surface area contributed by atoms with Crippen LogP contribution < -0.4 is 0 Å². The SMILES string of the molecule is CCCC(OC)C(O)Cc1ccco1. The molecule has 3 heteroatoms. The van der Waals surface area contributed by atoms with Crippen LogP contribution in [0, 0.1) is 0 Å². The van der Waals surface area contributed by atoms with Gasteiger partial charge < -0.3 is 14.3 Å². The highest BCUT2D eigenvalue weighted by Crippen LogP contribution is 2.12. The van der Waals surface area contributed by atoms with Gasteiger partial charge in [-0.2, -0.15) is 0 Å². The lowest BCUT2D eigenvalue weighted by molar-refractivity contribution is -0.0179. The van der Waals surface area contributed by atoms with Crippen molar-refractivity contribution in [2.24, 2.45) is 0 Å². The number of furan rings is 1. The lowest BCUT2D eigenvalue weighted by Crippen LogP contribution is -2.29. The zero-order valence-electron chi connectivity index (χ0n) is 8.77. The molecule has 0 aromatic carbocycles. The molecule has 1 aromatic heterocycles. The Labute approximate surface area is 84.7 Å². The molecule has 0 aliphatic rings. The summed E-state index contributed by atoms with van der Waals surface area (Å²) in [6.45, 7) is 2.08. The molecule has 0 bridgehead atoms. The zero-order chi connectivity index (χ0) is 10.4. The molecule has 0 radical (unpaired) electrons. The number of hydrogen-bond donors (Lipinski definition) is 1. The molecular formula is C11H18O3. The molecule has 2 atom stereocenters. The van der Waals surface area contributed by atoms with Crippen LogP contribution in [-0.2, 0) is 11.2 Å². The van der Waals surface area contributed by atoms with Crippen LogP contribution in [-0.4, -0.2) is 24.4 Å². The molecule has 0 aliphatic carbocycles. The molecule has 1 N–H and O–H groups in total. The molecule has 1 aromatic rings. The third kappa shape index (κ3) is 3.16. The lowest BCUT2D eigenvalue weighted by Gasteiger charge is -2.20. The Morgan fingerprint density at radius 2 is 2.36 bits per heavy atom. The molecule has 0 saturated carbocycles. The maximum atomic E-state index is 9.83. The predicted octanol–water partition coefficient (Wildman–Crippen LogP) is 2.00. The Hall–Kier alpha value is -0.800. The van der Waals surface area contributed by atoms with Crippen molar-refractivity contribution in [3.63, 3.8) is 0 Å². The monoisotopic (exact) mass is 198 g/mol. The van der Waals surface area contributed by atoms with E-state index in [2.05, 4.69) is 6.92 Å². The van der Waals surface area contributed by atoms with Gasteiger partial charge in [-0.1, -0.05) is 13.3 Å². The minimum Gasteiger partial charge on any atom is -0.469 e. The quantitative estimate of drug-likeness (QED) is 0.760. The molecule has 0 amide bonds. The molecule has 80 valence electrons. The first-order chi connectivity index (χ1) is 6.77. The summed E-state index contributed by atoms with van der Waals surface area (Å²) in [5.41, 5.74) is 0. The largest absolute Gasteiger partial charge is 0.469 e. The standard InChI is InChI=1S/C11H18O3/c1-3-5-11(13-2)10(12)8-9-6-4-7-14-9/h4,6-7,10-12H,3,5,8H2,1-2H3. The normalized spacial score (nSPS) is 15.4. The van der Waals surface area contributed by atoms with Crippen LogP contribution in [0.5, 0.6) is 0 Å². The molecule has 0 spiro atoms. The van der Waals surface area contributed by atoms with E-state index in [1.807, 2.05) is 12.1 Å². The van der Waals surface area contributed by atoms with Crippen LogP contribution in [0.4, 0.5) is 0 Å². The van der Waals surface area contributed by atoms with Crippen LogP contribution in [0.2, 0.25) is 0 Å². The van der Waals surface area contributed by atoms with Crippen LogP contribution >= 0.6 is 0 Å². The molecule has 2 unspecified atom stereocenters. The van der Waals surface area contributed by atoms with Gasteiger partial charge in [0.2, 0.25) is 0 Å². The van der Waals surface area contributed by atoms with Gasteiger partial charge in [0.1, 0.15) is 5.76 Å². The number of aliphatic hydroxyl groups is 1. The van der Waals surface area contributed by atoms with Gasteiger partial charge in [0.25, 0.3) is 0 Å². The van der Waals surface area contributed by atoms with Crippen LogP contribution in [0.3, 0.4) is 0 Å². The molecule has 14 heavy (non-hydrogen) atoms. The number of aliphatic hydroxyl groups excluding tert-OH is 1. The van der Waals surface area contributed by atoms with E-state index in [-0.39, 0.29) is 6.10 Å². The minimum absolute atomic E-state index is 0.0925. The van der Waals surface area contributed by atoms with E-state index in [9.17, 15) is 5.11 Å². The third-order valence-corrected chi connectivity index (χ3v) is 2.30. The van der Waals surface area contributed by atoms with Crippen LogP contribution in [0.1, 0.15) is 25.5 Å². The second-order valence-electron chi connectivity index (χ2n) is 3.41. The second-order valence-corrected chi connectivity index (χ2v) is 3.41. The summed E-state index contributed by atoms with van der Waals surface area (Å²) in [5, 5.41) is 9.83. The topological polar surface area (TPSA) is 42.6 Å². The van der Waals surface area contributed by atoms with Crippen molar-refractivity contribution in [3.05, 3.63) is 24.2 Å². The first-order valence-electron chi connectivity index (χ1n) is 5.01. The average molecular weight is 198 g/mol. The summed E-state index contributed by atoms with van der Waals surface area (Å²) >= 11 is 0. The highest BCUT2D eigenvalue weighted by Gasteiger charge is 2.18. The lowest BCUT2D eigenvalue weighted by atomic mass is 10.0. The van der Waals surface area contributed by atoms with Crippen molar-refractivity contribution in [3.8, 4) is 0 Å². The van der Waals surface area contributed by atoms with Gasteiger partial charge in [0.05, 0.1) is 18.5 Å². The molecule has 0 saturated heterocycles. The van der Waals surface area contributed by atoms with Crippen molar-refractivity contribution < 1.29 is 14.3 Å². The molecule has 0 fully saturated rings. The van der Waals surface area contributed by atoms with Crippen molar-refractivity contribution in [1.29, 1.82) is 0 Å². The Morgan fingerprint density at radius 1 is 1.57 bits per heavy atom. The van der Waals surface area contributed by atoms with E-state index in [1.54, 1.807) is 13.4 Å². The van der Waals surface area contributed by atoms with Gasteiger partial charge >= 0.3 is 0 Å². The average Bonchev–Trinajstić information content (AvgIpc) is 2.66. The number of methoxy groups -OCH3 is 1. The Kier molecular flexibility index (Phi) is 4.70. The minimum atomic E-state index is -0.480. The predicted molar refractivity (Wildman–Crippen MR) is 54.1 cm³/mol. The Morgan fingerprint density at radius 3 is 2.86 bits per heavy atom. The van der Waals surface area contributed by atoms with Gasteiger partial charge in [-0.15, -0.1) is 0 Å². The van der Waals surface area contributed by atoms with Crippen molar-refractivity contribution >= 4 is 0 Å². The van der Waals surface area contributed by atoms with Gasteiger partial charge in [-0.3, -0.25) is 0 Å². The molecule has 0 aliphatic heterocycles. The summed E-state index contributed by atoms with van der Waals surface area (Å²) in [4.78, 5) is 0. The van der Waals surface area contributed by atoms with Crippen molar-refractivity contribution in [1.82, 2.24) is 0 Å². The van der Waals surface area contributed by atoms with E-state index < -0.39 is 6.10 Å². The molecule has 3 nitrogen and oxygen atoms in total. The van der Waals surface area contributed by atoms with Crippen LogP contribution in [0.15, 0.2) is 22.8 Å². The van der Waals surface area contributed by atoms with Gasteiger partial charge in [-0.05, 0) is 18.6 Å². The molecule has 1 rings (SSSR count). The van der Waals surface area contributed by atoms with E-state index in [0.29, 0.717) is 6.42 Å². The molecule has 1 heterocycles. The van der Waals surface area contributed by atoms with Gasteiger partial charge in [0, 0.05) is 13.5 Å². The smallest absolute Gasteiger partial charge is 0.106 e. The van der Waals surface area contributed by atoms with E-state index >= 15 is 0 Å². The maximum absolute atomic E-state index is 9.83. The van der Waals surface area contributed by atoms with Gasteiger partial charge in [0.15, 0.2) is 0 Å². The fraction of sp³-hybridized carbons (Fsp3) is 0.636. The number of hydrogen-bond acceptors (Lipinski definition) is 3. The van der Waals surface area contributed by atoms with E-state index in [0.717, 1.165) is 18.6 Å². The zero-order valence-corrected chi connectivity index (χ0v) is 8.77. The fourth-order valence-corrected chi connectivity index (χ4v) is 1.52. The first-order valence-corrected chi connectivity index (χ1v) is 5.01. The number of ether oxygens (including phenoxy) is 1. The molecular weight excluding hydrogens is 180 g/mol. The first kappa shape index (κ1) is 11.3. The summed E-state index contributed by atoms with van der Waals surface area (Å²) < 4.78 is 10.4. The van der Waals surface area contributed by atoms with Gasteiger partial charge in [-0.25, -0.2) is 0 Å².